The van der Waals surface area contributed by atoms with E-state index in [9.17, 15) is 0 Å². The first-order valence-electron chi connectivity index (χ1n) is 3.95. The molecule has 0 fully saturated rings. The van der Waals surface area contributed by atoms with Gasteiger partial charge in [-0.15, -0.1) is 0 Å². The van der Waals surface area contributed by atoms with Crippen LogP contribution in [0.5, 0.6) is 0 Å². The Labute approximate surface area is 72.2 Å². The summed E-state index contributed by atoms with van der Waals surface area (Å²) in [5.74, 6) is 2.37. The van der Waals surface area contributed by atoms with Crippen molar-refractivity contribution in [2.45, 2.75) is 19.8 Å². The van der Waals surface area contributed by atoms with Crippen LogP contribution in [0.4, 0.5) is 11.6 Å². The van der Waals surface area contributed by atoms with Crippen LogP contribution in [0.25, 0.3) is 0 Å². The fourth-order valence-corrected chi connectivity index (χ4v) is 0.872. The summed E-state index contributed by atoms with van der Waals surface area (Å²) < 4.78 is 0. The minimum atomic E-state index is 0.306. The van der Waals surface area contributed by atoms with E-state index in [2.05, 4.69) is 15.3 Å². The maximum absolute atomic E-state index is 5.58. The van der Waals surface area contributed by atoms with Crippen molar-refractivity contribution in [3.63, 3.8) is 0 Å². The Morgan fingerprint density at radius 3 is 2.58 bits per heavy atom. The predicted molar refractivity (Wildman–Crippen MR) is 50.1 cm³/mol. The van der Waals surface area contributed by atoms with E-state index in [4.69, 9.17) is 5.73 Å². The maximum Gasteiger partial charge on any atom is 0.135 e. The van der Waals surface area contributed by atoms with Gasteiger partial charge in [0.05, 0.1) is 0 Å². The Morgan fingerprint density at radius 1 is 1.42 bits per heavy atom. The maximum atomic E-state index is 5.58. The van der Waals surface area contributed by atoms with Crippen molar-refractivity contribution in [3.8, 4) is 0 Å². The summed E-state index contributed by atoms with van der Waals surface area (Å²) in [7, 11) is 1.81. The molecule has 0 unspecified atom stereocenters. The predicted octanol–water partition coefficient (Wildman–Crippen LogP) is 1.22. The molecule has 0 radical (unpaired) electrons. The second kappa shape index (κ2) is 3.38. The van der Waals surface area contributed by atoms with E-state index < -0.39 is 0 Å². The van der Waals surface area contributed by atoms with Gasteiger partial charge < -0.3 is 11.1 Å². The van der Waals surface area contributed by atoms with Crippen molar-refractivity contribution in [1.82, 2.24) is 9.97 Å². The van der Waals surface area contributed by atoms with E-state index >= 15 is 0 Å². The third-order valence-corrected chi connectivity index (χ3v) is 1.54. The molecule has 0 atom stereocenters. The molecule has 0 aromatic carbocycles. The molecule has 66 valence electrons. The van der Waals surface area contributed by atoms with Crippen LogP contribution >= 0.6 is 0 Å². The van der Waals surface area contributed by atoms with Gasteiger partial charge >= 0.3 is 0 Å². The van der Waals surface area contributed by atoms with Crippen LogP contribution in [-0.2, 0) is 0 Å². The lowest BCUT2D eigenvalue weighted by Crippen LogP contribution is -2.04. The number of nitrogen functional groups attached to an aromatic ring is 1. The van der Waals surface area contributed by atoms with Crippen LogP contribution in [0.15, 0.2) is 6.07 Å². The molecule has 1 heterocycles. The number of rotatable bonds is 2. The van der Waals surface area contributed by atoms with Crippen LogP contribution in [0.1, 0.15) is 25.6 Å². The van der Waals surface area contributed by atoms with E-state index in [-0.39, 0.29) is 0 Å². The van der Waals surface area contributed by atoms with E-state index in [1.165, 1.54) is 0 Å². The highest BCUT2D eigenvalue weighted by Crippen LogP contribution is 2.14. The molecule has 1 aromatic heterocycles. The Morgan fingerprint density at radius 2 is 2.08 bits per heavy atom. The topological polar surface area (TPSA) is 63.8 Å². The third kappa shape index (κ3) is 1.84. The van der Waals surface area contributed by atoms with Crippen LogP contribution in [0.3, 0.4) is 0 Å². The average molecular weight is 166 g/mol. The molecule has 0 spiro atoms. The Kier molecular flexibility index (Phi) is 2.47. The molecule has 0 aliphatic rings. The molecule has 0 saturated heterocycles. The molecule has 1 rings (SSSR count). The van der Waals surface area contributed by atoms with Crippen LogP contribution in [0, 0.1) is 0 Å². The zero-order chi connectivity index (χ0) is 9.14. The molecule has 1 aromatic rings. The average Bonchev–Trinajstić information content (AvgIpc) is 2.03. The highest BCUT2D eigenvalue weighted by atomic mass is 15.0. The smallest absolute Gasteiger partial charge is 0.135 e. The monoisotopic (exact) mass is 166 g/mol. The van der Waals surface area contributed by atoms with Gasteiger partial charge in [-0.05, 0) is 0 Å². The SMILES string of the molecule is CNc1cc(N)nc(C(C)C)n1. The first-order valence-corrected chi connectivity index (χ1v) is 3.95. The second-order valence-electron chi connectivity index (χ2n) is 2.94. The van der Waals surface area contributed by atoms with Gasteiger partial charge in [-0.25, -0.2) is 9.97 Å². The minimum Gasteiger partial charge on any atom is -0.384 e. The molecule has 3 N–H and O–H groups in total. The van der Waals surface area contributed by atoms with Crippen LogP contribution < -0.4 is 11.1 Å². The summed E-state index contributed by atoms with van der Waals surface area (Å²) in [4.78, 5) is 8.36. The zero-order valence-corrected chi connectivity index (χ0v) is 7.63. The summed E-state index contributed by atoms with van der Waals surface area (Å²) in [5, 5.41) is 2.93. The summed E-state index contributed by atoms with van der Waals surface area (Å²) >= 11 is 0. The number of nitrogens with two attached hydrogens (primary N) is 1. The van der Waals surface area contributed by atoms with Crippen molar-refractivity contribution < 1.29 is 0 Å². The molecule has 4 nitrogen and oxygen atoms in total. The van der Waals surface area contributed by atoms with Crippen LogP contribution in [0.2, 0.25) is 0 Å². The van der Waals surface area contributed by atoms with Crippen molar-refractivity contribution in [2.75, 3.05) is 18.1 Å². The van der Waals surface area contributed by atoms with Gasteiger partial charge in [-0.2, -0.15) is 0 Å². The highest BCUT2D eigenvalue weighted by molar-refractivity contribution is 5.44. The van der Waals surface area contributed by atoms with Gasteiger partial charge in [0.2, 0.25) is 0 Å². The Bertz CT molecular complexity index is 270. The van der Waals surface area contributed by atoms with E-state index in [1.807, 2.05) is 20.9 Å². The molecule has 0 amide bonds. The number of hydrogen-bond donors (Lipinski definition) is 2. The molecule has 0 saturated carbocycles. The molecule has 12 heavy (non-hydrogen) atoms. The Balaban J connectivity index is 3.06. The van der Waals surface area contributed by atoms with E-state index in [0.29, 0.717) is 11.7 Å². The number of nitrogens with zero attached hydrogens (tertiary/aromatic N) is 2. The first kappa shape index (κ1) is 8.77. The lowest BCUT2D eigenvalue weighted by Gasteiger charge is -2.06. The van der Waals surface area contributed by atoms with Crippen LogP contribution in [-0.4, -0.2) is 17.0 Å². The summed E-state index contributed by atoms with van der Waals surface area (Å²) in [5.41, 5.74) is 5.58. The Hall–Kier alpha value is -1.32. The number of nitrogens with one attached hydrogen (secondary N) is 1. The van der Waals surface area contributed by atoms with Gasteiger partial charge in [-0.3, -0.25) is 0 Å². The summed E-state index contributed by atoms with van der Waals surface area (Å²) in [6.45, 7) is 4.07. The van der Waals surface area contributed by atoms with Gasteiger partial charge in [0, 0.05) is 19.0 Å². The molecule has 0 bridgehead atoms. The lowest BCUT2D eigenvalue weighted by molar-refractivity contribution is 0.778. The largest absolute Gasteiger partial charge is 0.384 e. The van der Waals surface area contributed by atoms with Crippen molar-refractivity contribution in [3.05, 3.63) is 11.9 Å². The van der Waals surface area contributed by atoms with E-state index in [0.717, 1.165) is 11.6 Å². The van der Waals surface area contributed by atoms with E-state index in [1.54, 1.807) is 6.07 Å². The molecule has 0 aliphatic carbocycles. The first-order chi connectivity index (χ1) is 5.63. The van der Waals surface area contributed by atoms with Crippen molar-refractivity contribution in [1.29, 1.82) is 0 Å². The number of hydrogen-bond acceptors (Lipinski definition) is 4. The second-order valence-corrected chi connectivity index (χ2v) is 2.94. The fourth-order valence-electron chi connectivity index (χ4n) is 0.872. The fraction of sp³-hybridized carbons (Fsp3) is 0.500. The van der Waals surface area contributed by atoms with Gasteiger partial charge in [0.1, 0.15) is 17.5 Å². The summed E-state index contributed by atoms with van der Waals surface area (Å²) in [6.07, 6.45) is 0. The molecular weight excluding hydrogens is 152 g/mol. The molecule has 4 heteroatoms. The minimum absolute atomic E-state index is 0.306. The zero-order valence-electron chi connectivity index (χ0n) is 7.63. The lowest BCUT2D eigenvalue weighted by atomic mass is 10.2. The molecule has 0 aliphatic heterocycles. The third-order valence-electron chi connectivity index (χ3n) is 1.54. The van der Waals surface area contributed by atoms with Gasteiger partial charge in [0.15, 0.2) is 0 Å². The number of anilines is 2. The summed E-state index contributed by atoms with van der Waals surface area (Å²) in [6, 6.07) is 1.71. The molecular formula is C8H14N4. The van der Waals surface area contributed by atoms with Crippen molar-refractivity contribution >= 4 is 11.6 Å². The standard InChI is InChI=1S/C8H14N4/c1-5(2)8-11-6(9)4-7(10-3)12-8/h4-5H,1-3H3,(H3,9,10,11,12). The van der Waals surface area contributed by atoms with Crippen molar-refractivity contribution in [2.24, 2.45) is 0 Å². The highest BCUT2D eigenvalue weighted by Gasteiger charge is 2.04. The number of aromatic nitrogens is 2. The normalized spacial score (nSPS) is 10.3. The quantitative estimate of drug-likeness (QED) is 0.693. The van der Waals surface area contributed by atoms with Gasteiger partial charge in [-0.1, -0.05) is 13.8 Å². The van der Waals surface area contributed by atoms with Gasteiger partial charge in [0.25, 0.3) is 0 Å².